The van der Waals surface area contributed by atoms with Crippen LogP contribution in [0.2, 0.25) is 0 Å². The molecule has 1 atom stereocenters. The molecule has 0 spiro atoms. The topological polar surface area (TPSA) is 34.1 Å². The second-order valence-corrected chi connectivity index (χ2v) is 5.23. The van der Waals surface area contributed by atoms with Gasteiger partial charge in [-0.1, -0.05) is 67.9 Å². The predicted octanol–water partition coefficient (Wildman–Crippen LogP) is 4.08. The van der Waals surface area contributed by atoms with E-state index in [-0.39, 0.29) is 5.78 Å². The molecule has 0 unspecified atom stereocenters. The van der Waals surface area contributed by atoms with Crippen LogP contribution in [-0.2, 0) is 11.2 Å². The van der Waals surface area contributed by atoms with Gasteiger partial charge in [-0.25, -0.2) is 0 Å². The number of benzene rings is 2. The van der Waals surface area contributed by atoms with Crippen molar-refractivity contribution in [2.45, 2.75) is 26.2 Å². The lowest BCUT2D eigenvalue weighted by atomic mass is 9.89. The molecule has 0 aliphatic heterocycles. The molecule has 2 aromatic carbocycles. The van der Waals surface area contributed by atoms with Gasteiger partial charge in [0.1, 0.15) is 6.29 Å². The summed E-state index contributed by atoms with van der Waals surface area (Å²) in [6.45, 7) is 2.08. The van der Waals surface area contributed by atoms with Crippen molar-refractivity contribution in [1.29, 1.82) is 0 Å². The zero-order valence-corrected chi connectivity index (χ0v) is 12.3. The fourth-order valence-corrected chi connectivity index (χ4v) is 2.51. The summed E-state index contributed by atoms with van der Waals surface area (Å²) < 4.78 is 0. The molecule has 0 N–H and O–H groups in total. The van der Waals surface area contributed by atoms with Gasteiger partial charge in [0.05, 0.1) is 0 Å². The van der Waals surface area contributed by atoms with Crippen LogP contribution in [0.4, 0.5) is 0 Å². The van der Waals surface area contributed by atoms with Crippen molar-refractivity contribution in [3.63, 3.8) is 0 Å². The summed E-state index contributed by atoms with van der Waals surface area (Å²) in [5.74, 6) is 0.347. The number of carbonyl (C=O) groups is 2. The molecule has 21 heavy (non-hydrogen) atoms. The first-order valence-corrected chi connectivity index (χ1v) is 7.37. The number of rotatable bonds is 7. The molecular formula is C19H20O2. The molecule has 0 amide bonds. The Morgan fingerprint density at radius 3 is 2.38 bits per heavy atom. The maximum Gasteiger partial charge on any atom is 0.193 e. The lowest BCUT2D eigenvalue weighted by Crippen LogP contribution is -2.10. The van der Waals surface area contributed by atoms with Crippen molar-refractivity contribution in [2.75, 3.05) is 0 Å². The number of aldehydes is 1. The van der Waals surface area contributed by atoms with Crippen molar-refractivity contribution in [3.8, 4) is 0 Å². The average molecular weight is 280 g/mol. The molecule has 0 radical (unpaired) electrons. The summed E-state index contributed by atoms with van der Waals surface area (Å²) >= 11 is 0. The second kappa shape index (κ2) is 7.53. The first kappa shape index (κ1) is 15.2. The van der Waals surface area contributed by atoms with Crippen LogP contribution in [0.1, 0.15) is 41.3 Å². The van der Waals surface area contributed by atoms with E-state index < -0.39 is 0 Å². The second-order valence-electron chi connectivity index (χ2n) is 5.23. The summed E-state index contributed by atoms with van der Waals surface area (Å²) in [5.41, 5.74) is 2.47. The van der Waals surface area contributed by atoms with Gasteiger partial charge in [0, 0.05) is 17.5 Å². The van der Waals surface area contributed by atoms with E-state index in [9.17, 15) is 9.59 Å². The zero-order chi connectivity index (χ0) is 15.1. The van der Waals surface area contributed by atoms with Crippen LogP contribution < -0.4 is 0 Å². The Hall–Kier alpha value is -2.22. The number of hydrogen-bond acceptors (Lipinski definition) is 2. The first-order valence-electron chi connectivity index (χ1n) is 7.37. The van der Waals surface area contributed by atoms with Gasteiger partial charge >= 0.3 is 0 Å². The Bertz CT molecular complexity index is 602. The maximum atomic E-state index is 12.6. The number of ketones is 1. The molecule has 0 aromatic heterocycles. The highest BCUT2D eigenvalue weighted by atomic mass is 16.1. The largest absolute Gasteiger partial charge is 0.303 e. The summed E-state index contributed by atoms with van der Waals surface area (Å²) in [6, 6.07) is 17.0. The van der Waals surface area contributed by atoms with E-state index in [1.54, 1.807) is 0 Å². The molecule has 0 saturated heterocycles. The number of carbonyl (C=O) groups excluding carboxylic acids is 2. The van der Waals surface area contributed by atoms with Crippen LogP contribution in [0.15, 0.2) is 54.6 Å². The average Bonchev–Trinajstić information content (AvgIpc) is 2.55. The molecule has 2 aromatic rings. The van der Waals surface area contributed by atoms with Crippen LogP contribution in [0.25, 0.3) is 0 Å². The fraction of sp³-hybridized carbons (Fsp3) is 0.263. The van der Waals surface area contributed by atoms with Crippen molar-refractivity contribution >= 4 is 12.1 Å². The minimum atomic E-state index is 0.0483. The van der Waals surface area contributed by atoms with E-state index in [2.05, 4.69) is 6.92 Å². The Kier molecular flexibility index (Phi) is 5.44. The van der Waals surface area contributed by atoms with Crippen molar-refractivity contribution in [3.05, 3.63) is 71.3 Å². The lowest BCUT2D eigenvalue weighted by molar-refractivity contribution is -0.108. The van der Waals surface area contributed by atoms with Crippen LogP contribution in [0, 0.1) is 5.92 Å². The van der Waals surface area contributed by atoms with Crippen LogP contribution >= 0.6 is 0 Å². The molecule has 0 saturated carbocycles. The molecule has 0 bridgehead atoms. The Balaban J connectivity index is 2.28. The van der Waals surface area contributed by atoms with E-state index in [1.807, 2.05) is 54.6 Å². The van der Waals surface area contributed by atoms with Crippen molar-refractivity contribution in [2.24, 2.45) is 5.92 Å². The lowest BCUT2D eigenvalue weighted by Gasteiger charge is -2.14. The Morgan fingerprint density at radius 2 is 1.71 bits per heavy atom. The molecule has 2 rings (SSSR count). The molecular weight excluding hydrogens is 260 g/mol. The molecule has 2 heteroatoms. The zero-order valence-electron chi connectivity index (χ0n) is 12.3. The SMILES string of the molecule is CC[C@H](CC=O)Cc1ccccc1C(=O)c1ccccc1. The fourth-order valence-electron chi connectivity index (χ4n) is 2.51. The highest BCUT2D eigenvalue weighted by Gasteiger charge is 2.15. The molecule has 0 aliphatic carbocycles. The number of hydrogen-bond donors (Lipinski definition) is 0. The third kappa shape index (κ3) is 3.88. The highest BCUT2D eigenvalue weighted by Crippen LogP contribution is 2.20. The summed E-state index contributed by atoms with van der Waals surface area (Å²) in [4.78, 5) is 23.4. The molecule has 2 nitrogen and oxygen atoms in total. The third-order valence-electron chi connectivity index (χ3n) is 3.81. The van der Waals surface area contributed by atoms with Crippen LogP contribution in [0.5, 0.6) is 0 Å². The first-order chi connectivity index (χ1) is 10.3. The van der Waals surface area contributed by atoms with E-state index in [1.165, 1.54) is 0 Å². The van der Waals surface area contributed by atoms with Crippen molar-refractivity contribution < 1.29 is 9.59 Å². The quantitative estimate of drug-likeness (QED) is 0.566. The monoisotopic (exact) mass is 280 g/mol. The third-order valence-corrected chi connectivity index (χ3v) is 3.81. The summed E-state index contributed by atoms with van der Waals surface area (Å²) in [6.07, 6.45) is 3.22. The van der Waals surface area contributed by atoms with Gasteiger partial charge in [-0.15, -0.1) is 0 Å². The Morgan fingerprint density at radius 1 is 1.05 bits per heavy atom. The minimum Gasteiger partial charge on any atom is -0.303 e. The van der Waals surface area contributed by atoms with Gasteiger partial charge in [0.2, 0.25) is 0 Å². The predicted molar refractivity (Wildman–Crippen MR) is 84.5 cm³/mol. The van der Waals surface area contributed by atoms with Gasteiger partial charge in [-0.05, 0) is 17.9 Å². The van der Waals surface area contributed by atoms with E-state index in [0.29, 0.717) is 17.9 Å². The smallest absolute Gasteiger partial charge is 0.193 e. The minimum absolute atomic E-state index is 0.0483. The van der Waals surface area contributed by atoms with Crippen molar-refractivity contribution in [1.82, 2.24) is 0 Å². The molecule has 0 fully saturated rings. The van der Waals surface area contributed by atoms with Gasteiger partial charge in [0.25, 0.3) is 0 Å². The van der Waals surface area contributed by atoms with Crippen LogP contribution in [-0.4, -0.2) is 12.1 Å². The highest BCUT2D eigenvalue weighted by molar-refractivity contribution is 6.09. The van der Waals surface area contributed by atoms with Gasteiger partial charge in [0.15, 0.2) is 5.78 Å². The van der Waals surface area contributed by atoms with E-state index >= 15 is 0 Å². The molecule has 0 aliphatic rings. The standard InChI is InChI=1S/C19H20O2/c1-2-15(12-13-20)14-17-10-6-7-11-18(17)19(21)16-8-4-3-5-9-16/h3-11,13,15H,2,12,14H2,1H3/t15-/m1/s1. The van der Waals surface area contributed by atoms with Gasteiger partial charge < -0.3 is 4.79 Å². The summed E-state index contributed by atoms with van der Waals surface area (Å²) in [7, 11) is 0. The normalized spacial score (nSPS) is 11.9. The Labute approximate surface area is 125 Å². The van der Waals surface area contributed by atoms with Gasteiger partial charge in [-0.3, -0.25) is 4.79 Å². The van der Waals surface area contributed by atoms with E-state index in [4.69, 9.17) is 0 Å². The van der Waals surface area contributed by atoms with Crippen LogP contribution in [0.3, 0.4) is 0 Å². The molecule has 108 valence electrons. The maximum absolute atomic E-state index is 12.6. The molecule has 0 heterocycles. The summed E-state index contributed by atoms with van der Waals surface area (Å²) in [5, 5.41) is 0. The van der Waals surface area contributed by atoms with Gasteiger partial charge in [-0.2, -0.15) is 0 Å². The van der Waals surface area contributed by atoms with E-state index in [0.717, 1.165) is 30.3 Å².